The van der Waals surface area contributed by atoms with Crippen molar-refractivity contribution in [1.82, 2.24) is 9.80 Å². The summed E-state index contributed by atoms with van der Waals surface area (Å²) in [6.07, 6.45) is 1.40. The first-order valence-corrected chi connectivity index (χ1v) is 9.75. The molecular weight excluding hydrogens is 344 g/mol. The second-order valence-corrected chi connectivity index (χ2v) is 8.51. The molecule has 2 aliphatic rings. The molecule has 2 fully saturated rings. The van der Waals surface area contributed by atoms with Crippen LogP contribution in [0.1, 0.15) is 39.2 Å². The third-order valence-electron chi connectivity index (χ3n) is 5.23. The minimum absolute atomic E-state index is 0.260. The fourth-order valence-electron chi connectivity index (χ4n) is 3.83. The topological polar surface area (TPSA) is 59.1 Å². The van der Waals surface area contributed by atoms with Crippen LogP contribution in [0, 0.1) is 11.8 Å². The molecule has 0 radical (unpaired) electrons. The fraction of sp³-hybridized carbons (Fsp3) is 0.619. The largest absolute Gasteiger partial charge is 0.445 e. The zero-order valence-corrected chi connectivity index (χ0v) is 16.5. The molecule has 1 aromatic rings. The van der Waals surface area contributed by atoms with Gasteiger partial charge < -0.3 is 19.3 Å². The predicted molar refractivity (Wildman–Crippen MR) is 102 cm³/mol. The number of likely N-dealkylation sites (tertiary alicyclic amines) is 2. The van der Waals surface area contributed by atoms with Gasteiger partial charge in [-0.3, -0.25) is 0 Å². The maximum Gasteiger partial charge on any atom is 0.410 e. The number of benzene rings is 1. The minimum atomic E-state index is -0.492. The van der Waals surface area contributed by atoms with E-state index in [0.717, 1.165) is 31.5 Å². The maximum absolute atomic E-state index is 12.4. The van der Waals surface area contributed by atoms with E-state index >= 15 is 0 Å². The molecular formula is C21H30N2O4. The summed E-state index contributed by atoms with van der Waals surface area (Å²) in [6.45, 7) is 8.65. The number of fused-ring (bicyclic) bond motifs is 1. The number of rotatable bonds is 2. The molecule has 2 aliphatic heterocycles. The van der Waals surface area contributed by atoms with E-state index in [-0.39, 0.29) is 24.7 Å². The Labute approximate surface area is 161 Å². The molecule has 0 N–H and O–H groups in total. The molecule has 2 atom stereocenters. The average molecular weight is 374 g/mol. The van der Waals surface area contributed by atoms with Gasteiger partial charge in [-0.2, -0.15) is 0 Å². The first kappa shape index (κ1) is 19.5. The van der Waals surface area contributed by atoms with Crippen LogP contribution >= 0.6 is 0 Å². The van der Waals surface area contributed by atoms with E-state index in [9.17, 15) is 9.59 Å². The van der Waals surface area contributed by atoms with E-state index in [1.54, 1.807) is 9.80 Å². The Bertz CT molecular complexity index is 656. The molecule has 3 rings (SSSR count). The number of amides is 2. The summed E-state index contributed by atoms with van der Waals surface area (Å²) in [5.74, 6) is 0.839. The lowest BCUT2D eigenvalue weighted by atomic mass is 9.80. The monoisotopic (exact) mass is 374 g/mol. The Morgan fingerprint density at radius 3 is 2.15 bits per heavy atom. The lowest BCUT2D eigenvalue weighted by Gasteiger charge is -2.44. The standard InChI is InChI=1S/C21H30N2O4/c1-21(2,3)27-20(25)23-12-10-17-9-11-22(13-18(17)14-23)19(24)26-15-16-7-5-4-6-8-16/h4-8,17-18H,9-15H2,1-3H3. The summed E-state index contributed by atoms with van der Waals surface area (Å²) < 4.78 is 11.0. The van der Waals surface area contributed by atoms with Crippen LogP contribution in [0.4, 0.5) is 9.59 Å². The van der Waals surface area contributed by atoms with E-state index in [1.807, 2.05) is 51.1 Å². The molecule has 6 nitrogen and oxygen atoms in total. The highest BCUT2D eigenvalue weighted by molar-refractivity contribution is 5.69. The number of carbonyl (C=O) groups excluding carboxylic acids is 2. The molecule has 2 saturated heterocycles. The quantitative estimate of drug-likeness (QED) is 0.788. The Hall–Kier alpha value is -2.24. The van der Waals surface area contributed by atoms with E-state index < -0.39 is 5.60 Å². The smallest absolute Gasteiger partial charge is 0.410 e. The van der Waals surface area contributed by atoms with Gasteiger partial charge in [-0.25, -0.2) is 9.59 Å². The van der Waals surface area contributed by atoms with Gasteiger partial charge in [-0.15, -0.1) is 0 Å². The highest BCUT2D eigenvalue weighted by Crippen LogP contribution is 2.32. The van der Waals surface area contributed by atoms with Crippen molar-refractivity contribution in [3.63, 3.8) is 0 Å². The van der Waals surface area contributed by atoms with Crippen LogP contribution in [0.3, 0.4) is 0 Å². The first-order valence-electron chi connectivity index (χ1n) is 9.75. The number of hydrogen-bond donors (Lipinski definition) is 0. The summed E-state index contributed by atoms with van der Waals surface area (Å²) in [5, 5.41) is 0. The third-order valence-corrected chi connectivity index (χ3v) is 5.23. The van der Waals surface area contributed by atoms with Crippen molar-refractivity contribution in [1.29, 1.82) is 0 Å². The molecule has 2 heterocycles. The zero-order chi connectivity index (χ0) is 19.4. The number of carbonyl (C=O) groups is 2. The lowest BCUT2D eigenvalue weighted by Crippen LogP contribution is -2.53. The SMILES string of the molecule is CC(C)(C)OC(=O)N1CCC2CCN(C(=O)OCc3ccccc3)CC2C1. The molecule has 2 unspecified atom stereocenters. The Kier molecular flexibility index (Phi) is 5.92. The predicted octanol–water partition coefficient (Wildman–Crippen LogP) is 3.90. The number of piperidine rings is 2. The maximum atomic E-state index is 12.4. The van der Waals surface area contributed by atoms with Crippen molar-refractivity contribution < 1.29 is 19.1 Å². The van der Waals surface area contributed by atoms with E-state index in [0.29, 0.717) is 19.0 Å². The molecule has 0 aromatic heterocycles. The summed E-state index contributed by atoms with van der Waals surface area (Å²) in [5.41, 5.74) is 0.489. The van der Waals surface area contributed by atoms with Crippen molar-refractivity contribution in [2.45, 2.75) is 45.8 Å². The van der Waals surface area contributed by atoms with Gasteiger partial charge in [0.15, 0.2) is 0 Å². The van der Waals surface area contributed by atoms with Gasteiger partial charge in [0.2, 0.25) is 0 Å². The van der Waals surface area contributed by atoms with Crippen LogP contribution in [0.15, 0.2) is 30.3 Å². The Morgan fingerprint density at radius 2 is 1.56 bits per heavy atom. The molecule has 0 saturated carbocycles. The van der Waals surface area contributed by atoms with Gasteiger partial charge in [0.25, 0.3) is 0 Å². The molecule has 2 amide bonds. The van der Waals surface area contributed by atoms with E-state index in [2.05, 4.69) is 0 Å². The highest BCUT2D eigenvalue weighted by Gasteiger charge is 2.38. The van der Waals surface area contributed by atoms with Crippen LogP contribution in [0.2, 0.25) is 0 Å². The van der Waals surface area contributed by atoms with Gasteiger partial charge in [0.1, 0.15) is 12.2 Å². The van der Waals surface area contributed by atoms with Crippen LogP contribution in [0.5, 0.6) is 0 Å². The van der Waals surface area contributed by atoms with Crippen molar-refractivity contribution in [3.05, 3.63) is 35.9 Å². The second-order valence-electron chi connectivity index (χ2n) is 8.51. The second kappa shape index (κ2) is 8.19. The molecule has 27 heavy (non-hydrogen) atoms. The first-order chi connectivity index (χ1) is 12.8. The molecule has 0 aliphatic carbocycles. The van der Waals surface area contributed by atoms with E-state index in [1.165, 1.54) is 0 Å². The van der Waals surface area contributed by atoms with Gasteiger partial charge in [-0.05, 0) is 51.0 Å². The van der Waals surface area contributed by atoms with Gasteiger partial charge in [0, 0.05) is 26.2 Å². The van der Waals surface area contributed by atoms with Crippen molar-refractivity contribution >= 4 is 12.2 Å². The van der Waals surface area contributed by atoms with E-state index in [4.69, 9.17) is 9.47 Å². The Balaban J connectivity index is 1.52. The average Bonchev–Trinajstić information content (AvgIpc) is 2.64. The number of hydrogen-bond acceptors (Lipinski definition) is 4. The minimum Gasteiger partial charge on any atom is -0.445 e. The summed E-state index contributed by atoms with van der Waals surface area (Å²) in [6, 6.07) is 9.69. The summed E-state index contributed by atoms with van der Waals surface area (Å²) in [7, 11) is 0. The summed E-state index contributed by atoms with van der Waals surface area (Å²) in [4.78, 5) is 28.4. The van der Waals surface area contributed by atoms with Gasteiger partial charge >= 0.3 is 12.2 Å². The molecule has 148 valence electrons. The molecule has 0 spiro atoms. The Morgan fingerprint density at radius 1 is 0.963 bits per heavy atom. The number of nitrogens with zero attached hydrogens (tertiary/aromatic N) is 2. The van der Waals surface area contributed by atoms with Crippen LogP contribution < -0.4 is 0 Å². The lowest BCUT2D eigenvalue weighted by molar-refractivity contribution is -0.00371. The van der Waals surface area contributed by atoms with Crippen LogP contribution in [-0.2, 0) is 16.1 Å². The van der Waals surface area contributed by atoms with Crippen molar-refractivity contribution in [3.8, 4) is 0 Å². The number of ether oxygens (including phenoxy) is 2. The third kappa shape index (κ3) is 5.37. The van der Waals surface area contributed by atoms with Crippen molar-refractivity contribution in [2.24, 2.45) is 11.8 Å². The normalized spacial score (nSPS) is 22.8. The van der Waals surface area contributed by atoms with Crippen LogP contribution in [-0.4, -0.2) is 53.8 Å². The molecule has 6 heteroatoms. The molecule has 0 bridgehead atoms. The molecule has 1 aromatic carbocycles. The fourth-order valence-corrected chi connectivity index (χ4v) is 3.83. The highest BCUT2D eigenvalue weighted by atomic mass is 16.6. The van der Waals surface area contributed by atoms with Gasteiger partial charge in [-0.1, -0.05) is 30.3 Å². The zero-order valence-electron chi connectivity index (χ0n) is 16.5. The van der Waals surface area contributed by atoms with Crippen molar-refractivity contribution in [2.75, 3.05) is 26.2 Å². The van der Waals surface area contributed by atoms with Gasteiger partial charge in [0.05, 0.1) is 0 Å². The summed E-state index contributed by atoms with van der Waals surface area (Å²) >= 11 is 0. The van der Waals surface area contributed by atoms with Crippen LogP contribution in [0.25, 0.3) is 0 Å².